The van der Waals surface area contributed by atoms with E-state index >= 15 is 0 Å². The van der Waals surface area contributed by atoms with Crippen LogP contribution in [0.5, 0.6) is 5.75 Å². The van der Waals surface area contributed by atoms with Crippen molar-refractivity contribution in [1.82, 2.24) is 0 Å². The third-order valence-electron chi connectivity index (χ3n) is 3.14. The van der Waals surface area contributed by atoms with Gasteiger partial charge < -0.3 is 10.5 Å². The number of benzene rings is 1. The summed E-state index contributed by atoms with van der Waals surface area (Å²) in [5.74, 6) is 0.872. The highest BCUT2D eigenvalue weighted by molar-refractivity contribution is 7.80. The van der Waals surface area contributed by atoms with E-state index in [0.717, 1.165) is 12.2 Å². The SMILES string of the molecule is CCC(C)(C)c1ccc(OCCC(N)=S)cc1. The first kappa shape index (κ1) is 14.0. The van der Waals surface area contributed by atoms with Crippen molar-refractivity contribution < 1.29 is 4.74 Å². The lowest BCUT2D eigenvalue weighted by Gasteiger charge is -2.23. The van der Waals surface area contributed by atoms with Crippen molar-refractivity contribution in [2.24, 2.45) is 5.73 Å². The van der Waals surface area contributed by atoms with Crippen molar-refractivity contribution in [2.75, 3.05) is 6.61 Å². The molecule has 0 amide bonds. The van der Waals surface area contributed by atoms with Crippen LogP contribution in [0.3, 0.4) is 0 Å². The van der Waals surface area contributed by atoms with Crippen molar-refractivity contribution in [3.8, 4) is 5.75 Å². The number of hydrogen-bond donors (Lipinski definition) is 1. The van der Waals surface area contributed by atoms with Crippen LogP contribution in [0.1, 0.15) is 39.2 Å². The normalized spacial score (nSPS) is 11.2. The summed E-state index contributed by atoms with van der Waals surface area (Å²) in [5.41, 5.74) is 6.96. The van der Waals surface area contributed by atoms with Gasteiger partial charge in [0, 0.05) is 6.42 Å². The molecule has 0 saturated heterocycles. The maximum Gasteiger partial charge on any atom is 0.119 e. The summed E-state index contributed by atoms with van der Waals surface area (Å²) < 4.78 is 5.55. The second-order valence-corrected chi connectivity index (χ2v) is 5.35. The Morgan fingerprint density at radius 2 is 1.88 bits per heavy atom. The van der Waals surface area contributed by atoms with Crippen LogP contribution in [0.2, 0.25) is 0 Å². The summed E-state index contributed by atoms with van der Waals surface area (Å²) in [6.45, 7) is 7.24. The van der Waals surface area contributed by atoms with Gasteiger partial charge in [-0.2, -0.15) is 0 Å². The van der Waals surface area contributed by atoms with Gasteiger partial charge in [0.25, 0.3) is 0 Å². The van der Waals surface area contributed by atoms with E-state index in [9.17, 15) is 0 Å². The predicted octanol–water partition coefficient (Wildman–Crippen LogP) is 3.43. The maximum atomic E-state index is 5.55. The Hall–Kier alpha value is -1.09. The summed E-state index contributed by atoms with van der Waals surface area (Å²) in [5, 5.41) is 0. The number of nitrogens with two attached hydrogens (primary N) is 1. The minimum Gasteiger partial charge on any atom is -0.493 e. The molecule has 3 heteroatoms. The van der Waals surface area contributed by atoms with Crippen LogP contribution in [0, 0.1) is 0 Å². The average Bonchev–Trinajstić information content (AvgIpc) is 2.29. The quantitative estimate of drug-likeness (QED) is 0.787. The maximum absolute atomic E-state index is 5.55. The van der Waals surface area contributed by atoms with Gasteiger partial charge in [0.2, 0.25) is 0 Å². The molecule has 0 heterocycles. The second kappa shape index (κ2) is 6.01. The van der Waals surface area contributed by atoms with Crippen molar-refractivity contribution in [1.29, 1.82) is 0 Å². The number of thiocarbonyl (C=S) groups is 1. The molecule has 0 fully saturated rings. The van der Waals surface area contributed by atoms with Crippen LogP contribution in [0.25, 0.3) is 0 Å². The molecule has 0 aliphatic rings. The minimum atomic E-state index is 0.220. The molecule has 0 aliphatic carbocycles. The Labute approximate surface area is 109 Å². The van der Waals surface area contributed by atoms with Crippen LogP contribution in [0.15, 0.2) is 24.3 Å². The Morgan fingerprint density at radius 1 is 1.29 bits per heavy atom. The highest BCUT2D eigenvalue weighted by Gasteiger charge is 2.17. The molecule has 0 aromatic heterocycles. The van der Waals surface area contributed by atoms with Gasteiger partial charge in [0.05, 0.1) is 11.6 Å². The van der Waals surface area contributed by atoms with E-state index in [1.807, 2.05) is 12.1 Å². The molecule has 0 radical (unpaired) electrons. The monoisotopic (exact) mass is 251 g/mol. The molecule has 2 N–H and O–H groups in total. The van der Waals surface area contributed by atoms with E-state index in [0.29, 0.717) is 18.0 Å². The molecule has 1 rings (SSSR count). The first-order valence-electron chi connectivity index (χ1n) is 5.97. The molecule has 2 nitrogen and oxygen atoms in total. The zero-order valence-electron chi connectivity index (χ0n) is 10.8. The van der Waals surface area contributed by atoms with E-state index < -0.39 is 0 Å². The van der Waals surface area contributed by atoms with E-state index in [2.05, 4.69) is 32.9 Å². The number of hydrogen-bond acceptors (Lipinski definition) is 2. The van der Waals surface area contributed by atoms with Gasteiger partial charge in [-0.15, -0.1) is 0 Å². The van der Waals surface area contributed by atoms with Gasteiger partial charge >= 0.3 is 0 Å². The fourth-order valence-electron chi connectivity index (χ4n) is 1.48. The lowest BCUT2D eigenvalue weighted by Crippen LogP contribution is -2.15. The number of ether oxygens (including phenoxy) is 1. The Kier molecular flexibility index (Phi) is 4.94. The summed E-state index contributed by atoms with van der Waals surface area (Å²) in [7, 11) is 0. The zero-order valence-corrected chi connectivity index (χ0v) is 11.6. The molecule has 0 aliphatic heterocycles. The first-order chi connectivity index (χ1) is 7.95. The van der Waals surface area contributed by atoms with Crippen LogP contribution >= 0.6 is 12.2 Å². The van der Waals surface area contributed by atoms with Crippen LogP contribution in [0.4, 0.5) is 0 Å². The molecule has 17 heavy (non-hydrogen) atoms. The van der Waals surface area contributed by atoms with Crippen LogP contribution < -0.4 is 10.5 Å². The third kappa shape index (κ3) is 4.35. The van der Waals surface area contributed by atoms with E-state index in [1.165, 1.54) is 5.56 Å². The minimum absolute atomic E-state index is 0.220. The van der Waals surface area contributed by atoms with E-state index in [4.69, 9.17) is 22.7 Å². The molecule has 0 atom stereocenters. The van der Waals surface area contributed by atoms with Crippen LogP contribution in [-0.4, -0.2) is 11.6 Å². The van der Waals surface area contributed by atoms with Crippen molar-refractivity contribution >= 4 is 17.2 Å². The highest BCUT2D eigenvalue weighted by Crippen LogP contribution is 2.27. The molecule has 0 bridgehead atoms. The Morgan fingerprint density at radius 3 is 2.35 bits per heavy atom. The molecule has 0 spiro atoms. The molecule has 1 aromatic carbocycles. The molecule has 1 aromatic rings. The fourth-order valence-corrected chi connectivity index (χ4v) is 1.56. The molecule has 0 saturated carbocycles. The molecular weight excluding hydrogens is 230 g/mol. The smallest absolute Gasteiger partial charge is 0.119 e. The lowest BCUT2D eigenvalue weighted by atomic mass is 9.82. The molecule has 94 valence electrons. The van der Waals surface area contributed by atoms with Crippen LogP contribution in [-0.2, 0) is 5.41 Å². The topological polar surface area (TPSA) is 35.2 Å². The summed E-state index contributed by atoms with van der Waals surface area (Å²) in [4.78, 5) is 0.494. The van der Waals surface area contributed by atoms with Crippen molar-refractivity contribution in [2.45, 2.75) is 39.0 Å². The highest BCUT2D eigenvalue weighted by atomic mass is 32.1. The third-order valence-corrected chi connectivity index (χ3v) is 3.34. The van der Waals surface area contributed by atoms with Gasteiger partial charge in [0.15, 0.2) is 0 Å². The zero-order chi connectivity index (χ0) is 12.9. The van der Waals surface area contributed by atoms with E-state index in [-0.39, 0.29) is 5.41 Å². The van der Waals surface area contributed by atoms with Gasteiger partial charge in [-0.3, -0.25) is 0 Å². The molecular formula is C14H21NOS. The summed E-state index contributed by atoms with van der Waals surface area (Å²) >= 11 is 4.79. The van der Waals surface area contributed by atoms with E-state index in [1.54, 1.807) is 0 Å². The van der Waals surface area contributed by atoms with Crippen molar-refractivity contribution in [3.05, 3.63) is 29.8 Å². The first-order valence-corrected chi connectivity index (χ1v) is 6.38. The predicted molar refractivity (Wildman–Crippen MR) is 76.7 cm³/mol. The number of rotatable bonds is 6. The van der Waals surface area contributed by atoms with Gasteiger partial charge in [-0.1, -0.05) is 45.1 Å². The molecule has 0 unspecified atom stereocenters. The fraction of sp³-hybridized carbons (Fsp3) is 0.500. The van der Waals surface area contributed by atoms with Gasteiger partial charge in [-0.05, 0) is 29.5 Å². The van der Waals surface area contributed by atoms with Crippen molar-refractivity contribution in [3.63, 3.8) is 0 Å². The summed E-state index contributed by atoms with van der Waals surface area (Å²) in [6, 6.07) is 8.26. The summed E-state index contributed by atoms with van der Waals surface area (Å²) in [6.07, 6.45) is 1.74. The largest absolute Gasteiger partial charge is 0.493 e. The Balaban J connectivity index is 2.59. The van der Waals surface area contributed by atoms with Gasteiger partial charge in [-0.25, -0.2) is 0 Å². The van der Waals surface area contributed by atoms with Gasteiger partial charge in [0.1, 0.15) is 5.75 Å². The average molecular weight is 251 g/mol. The standard InChI is InChI=1S/C14H21NOS/c1-4-14(2,3)11-5-7-12(8-6-11)16-10-9-13(15)17/h5-8H,4,9-10H2,1-3H3,(H2,15,17). The second-order valence-electron chi connectivity index (χ2n) is 4.83. The lowest BCUT2D eigenvalue weighted by molar-refractivity contribution is 0.329. The Bertz CT molecular complexity index is 370.